The Kier molecular flexibility index (Phi) is 5.13. The molecule has 0 bridgehead atoms. The molecule has 102 valence electrons. The highest BCUT2D eigenvalue weighted by Crippen LogP contribution is 2.28. The number of halogens is 1. The topological polar surface area (TPSA) is 76.2 Å². The molecule has 0 saturated carbocycles. The van der Waals surface area contributed by atoms with Crippen molar-refractivity contribution in [2.24, 2.45) is 5.41 Å². The lowest BCUT2D eigenvalue weighted by Crippen LogP contribution is -2.10. The smallest absolute Gasteiger partial charge is 0.288 e. The monoisotopic (exact) mass is 282 g/mol. The van der Waals surface area contributed by atoms with Gasteiger partial charge in [0.2, 0.25) is 0 Å². The minimum atomic E-state index is -0.540. The minimum absolute atomic E-state index is 0.0554. The molecule has 0 radical (unpaired) electrons. The van der Waals surface area contributed by atoms with E-state index in [4.69, 9.17) is 21.6 Å². The first-order chi connectivity index (χ1) is 8.85. The first-order valence-electron chi connectivity index (χ1n) is 5.84. The Morgan fingerprint density at radius 2 is 2.21 bits per heavy atom. The average Bonchev–Trinajstić information content (AvgIpc) is 2.34. The maximum absolute atomic E-state index is 10.6. The second-order valence-corrected chi connectivity index (χ2v) is 5.23. The normalized spacial score (nSPS) is 10.8. The maximum atomic E-state index is 10.6. The summed E-state index contributed by atoms with van der Waals surface area (Å²) < 4.78 is 5.45. The molecule has 0 unspecified atom stereocenters. The van der Waals surface area contributed by atoms with Crippen molar-refractivity contribution in [1.82, 2.24) is 0 Å². The lowest BCUT2D eigenvalue weighted by Gasteiger charge is -2.14. The Balaban J connectivity index is 2.49. The molecule has 6 heteroatoms. The fourth-order valence-corrected chi connectivity index (χ4v) is 1.73. The fourth-order valence-electron chi connectivity index (χ4n) is 1.49. The van der Waals surface area contributed by atoms with Crippen LogP contribution in [0, 0.1) is 26.9 Å². The zero-order valence-electron chi connectivity index (χ0n) is 10.9. The molecule has 5 nitrogen and oxygen atoms in total. The molecule has 0 atom stereocenters. The van der Waals surface area contributed by atoms with Crippen LogP contribution in [0.5, 0.6) is 5.75 Å². The number of benzene rings is 1. The predicted molar refractivity (Wildman–Crippen MR) is 72.2 cm³/mol. The van der Waals surface area contributed by atoms with Crippen molar-refractivity contribution in [3.8, 4) is 11.8 Å². The van der Waals surface area contributed by atoms with Gasteiger partial charge in [-0.05, 0) is 32.8 Å². The third kappa shape index (κ3) is 4.76. The lowest BCUT2D eigenvalue weighted by molar-refractivity contribution is -0.384. The number of hydrogen-bond acceptors (Lipinski definition) is 4. The second kappa shape index (κ2) is 6.39. The molecule has 0 aliphatic rings. The lowest BCUT2D eigenvalue weighted by atomic mass is 9.90. The minimum Gasteiger partial charge on any atom is -0.494 e. The van der Waals surface area contributed by atoms with E-state index >= 15 is 0 Å². The molecule has 0 heterocycles. The van der Waals surface area contributed by atoms with Gasteiger partial charge in [0.15, 0.2) is 0 Å². The average molecular weight is 283 g/mol. The predicted octanol–water partition coefficient (Wildman–Crippen LogP) is 3.96. The summed E-state index contributed by atoms with van der Waals surface area (Å²) in [5.74, 6) is 0.491. The van der Waals surface area contributed by atoms with E-state index in [9.17, 15) is 10.1 Å². The zero-order valence-corrected chi connectivity index (χ0v) is 11.6. The molecule has 0 spiro atoms. The van der Waals surface area contributed by atoms with E-state index < -0.39 is 4.92 Å². The largest absolute Gasteiger partial charge is 0.494 e. The number of hydrogen-bond donors (Lipinski definition) is 0. The van der Waals surface area contributed by atoms with Crippen LogP contribution in [0.1, 0.15) is 26.7 Å². The van der Waals surface area contributed by atoms with E-state index in [0.717, 1.165) is 12.8 Å². The van der Waals surface area contributed by atoms with Crippen molar-refractivity contribution >= 4 is 17.3 Å². The van der Waals surface area contributed by atoms with E-state index in [1.807, 2.05) is 13.8 Å². The van der Waals surface area contributed by atoms with Gasteiger partial charge >= 0.3 is 0 Å². The molecule has 0 amide bonds. The van der Waals surface area contributed by atoms with Crippen molar-refractivity contribution < 1.29 is 9.66 Å². The molecule has 1 rings (SSSR count). The van der Waals surface area contributed by atoms with E-state index in [2.05, 4.69) is 6.07 Å². The molecule has 19 heavy (non-hydrogen) atoms. The van der Waals surface area contributed by atoms with Crippen molar-refractivity contribution in [2.45, 2.75) is 26.7 Å². The Bertz CT molecular complexity index is 509. The van der Waals surface area contributed by atoms with Crippen LogP contribution in [0.15, 0.2) is 18.2 Å². The molecule has 1 aromatic carbocycles. The van der Waals surface area contributed by atoms with E-state index in [1.54, 1.807) is 0 Å². The van der Waals surface area contributed by atoms with E-state index in [1.165, 1.54) is 18.2 Å². The summed E-state index contributed by atoms with van der Waals surface area (Å²) in [7, 11) is 0. The third-order valence-electron chi connectivity index (χ3n) is 2.63. The van der Waals surface area contributed by atoms with Gasteiger partial charge in [0.05, 0.1) is 23.0 Å². The van der Waals surface area contributed by atoms with Gasteiger partial charge in [0.1, 0.15) is 10.8 Å². The van der Waals surface area contributed by atoms with Crippen LogP contribution in [0.3, 0.4) is 0 Å². The van der Waals surface area contributed by atoms with Crippen molar-refractivity contribution in [2.75, 3.05) is 6.61 Å². The molecular weight excluding hydrogens is 268 g/mol. The van der Waals surface area contributed by atoms with Crippen LogP contribution in [0.4, 0.5) is 5.69 Å². The van der Waals surface area contributed by atoms with Gasteiger partial charge in [0, 0.05) is 12.1 Å². The Labute approximate surface area is 116 Å². The number of nitrogens with zero attached hydrogens (tertiary/aromatic N) is 2. The molecule has 1 aromatic rings. The van der Waals surface area contributed by atoms with Gasteiger partial charge < -0.3 is 4.74 Å². The number of nitro groups is 1. The van der Waals surface area contributed by atoms with Gasteiger partial charge in [-0.2, -0.15) is 5.26 Å². The summed E-state index contributed by atoms with van der Waals surface area (Å²) in [6.07, 6.45) is 1.46. The third-order valence-corrected chi connectivity index (χ3v) is 2.94. The van der Waals surface area contributed by atoms with Gasteiger partial charge in [0.25, 0.3) is 5.69 Å². The zero-order chi connectivity index (χ0) is 14.5. The molecule has 0 saturated heterocycles. The summed E-state index contributed by atoms with van der Waals surface area (Å²) in [5.41, 5.74) is -0.504. The highest BCUT2D eigenvalue weighted by atomic mass is 35.5. The molecule has 0 aliphatic heterocycles. The number of rotatable bonds is 6. The standard InChI is InChI=1S/C13H15ClN2O3/c1-13(2,9-15)6-3-7-19-10-4-5-12(16(17)18)11(14)8-10/h4-5,8H,3,6-7H2,1-2H3. The molecule has 0 N–H and O–H groups in total. The van der Waals surface area contributed by atoms with Gasteiger partial charge in [-0.15, -0.1) is 0 Å². The summed E-state index contributed by atoms with van der Waals surface area (Å²) >= 11 is 5.77. The second-order valence-electron chi connectivity index (χ2n) is 4.82. The highest BCUT2D eigenvalue weighted by molar-refractivity contribution is 6.32. The number of nitriles is 1. The first-order valence-corrected chi connectivity index (χ1v) is 6.21. The molecule has 0 aromatic heterocycles. The molecule has 0 aliphatic carbocycles. The highest BCUT2D eigenvalue weighted by Gasteiger charge is 2.16. The number of nitro benzene ring substituents is 1. The maximum Gasteiger partial charge on any atom is 0.288 e. The molecular formula is C13H15ClN2O3. The van der Waals surface area contributed by atoms with Crippen molar-refractivity contribution in [3.63, 3.8) is 0 Å². The number of ether oxygens (including phenoxy) is 1. The van der Waals surface area contributed by atoms with Crippen LogP contribution >= 0.6 is 11.6 Å². The van der Waals surface area contributed by atoms with Crippen LogP contribution in [-0.4, -0.2) is 11.5 Å². The van der Waals surface area contributed by atoms with Gasteiger partial charge in [-0.3, -0.25) is 10.1 Å². The van der Waals surface area contributed by atoms with Gasteiger partial charge in [-0.25, -0.2) is 0 Å². The SMILES string of the molecule is CC(C)(C#N)CCCOc1ccc([N+](=O)[O-])c(Cl)c1. The summed E-state index contributed by atoms with van der Waals surface area (Å²) in [6, 6.07) is 6.47. The summed E-state index contributed by atoms with van der Waals surface area (Å²) in [4.78, 5) is 10.0. The van der Waals surface area contributed by atoms with E-state index in [0.29, 0.717) is 12.4 Å². The van der Waals surface area contributed by atoms with Crippen molar-refractivity contribution in [1.29, 1.82) is 5.26 Å². The molecule has 0 fully saturated rings. The van der Waals surface area contributed by atoms with Crippen LogP contribution in [0.2, 0.25) is 5.02 Å². The Hall–Kier alpha value is -1.80. The van der Waals surface area contributed by atoms with Crippen LogP contribution in [-0.2, 0) is 0 Å². The summed E-state index contributed by atoms with van der Waals surface area (Å²) in [5, 5.41) is 19.5. The fraction of sp³-hybridized carbons (Fsp3) is 0.462. The Morgan fingerprint density at radius 3 is 2.74 bits per heavy atom. The quantitative estimate of drug-likeness (QED) is 0.449. The Morgan fingerprint density at radius 1 is 1.53 bits per heavy atom. The van der Waals surface area contributed by atoms with Gasteiger partial charge in [-0.1, -0.05) is 11.6 Å². The van der Waals surface area contributed by atoms with Crippen LogP contribution < -0.4 is 4.74 Å². The van der Waals surface area contributed by atoms with Crippen LogP contribution in [0.25, 0.3) is 0 Å². The first kappa shape index (κ1) is 15.3. The van der Waals surface area contributed by atoms with Crippen molar-refractivity contribution in [3.05, 3.63) is 33.3 Å². The summed E-state index contributed by atoms with van der Waals surface area (Å²) in [6.45, 7) is 4.19. The van der Waals surface area contributed by atoms with E-state index in [-0.39, 0.29) is 16.1 Å².